The van der Waals surface area contributed by atoms with Crippen LogP contribution in [0.25, 0.3) is 0 Å². The number of amides is 1. The van der Waals surface area contributed by atoms with Crippen LogP contribution in [-0.2, 0) is 19.4 Å². The molecule has 1 amide bonds. The van der Waals surface area contributed by atoms with E-state index < -0.39 is 82.0 Å². The molecule has 6 N–H and O–H groups in total. The zero-order valence-corrected chi connectivity index (χ0v) is 29.0. The number of halogens is 2. The third kappa shape index (κ3) is 7.87. The van der Waals surface area contributed by atoms with Crippen molar-refractivity contribution in [2.75, 3.05) is 17.3 Å². The second-order valence-electron chi connectivity index (χ2n) is 14.5. The molecule has 4 fully saturated rings. The van der Waals surface area contributed by atoms with Crippen molar-refractivity contribution in [3.63, 3.8) is 0 Å². The van der Waals surface area contributed by atoms with Gasteiger partial charge in [-0.05, 0) is 117 Å². The Kier molecular flexibility index (Phi) is 11.5. The van der Waals surface area contributed by atoms with Crippen LogP contribution in [0.1, 0.15) is 69.3 Å². The molecule has 9 atom stereocenters. The molecule has 2 aromatic rings. The lowest BCUT2D eigenvalue weighted by atomic mass is 9.75. The summed E-state index contributed by atoms with van der Waals surface area (Å²) >= 11 is 0. The molecule has 2 aromatic carbocycles. The number of aliphatic hydroxyl groups is 5. The van der Waals surface area contributed by atoms with E-state index in [2.05, 4.69) is 0 Å². The van der Waals surface area contributed by atoms with Gasteiger partial charge in [-0.2, -0.15) is 0 Å². The van der Waals surface area contributed by atoms with Crippen LogP contribution in [0.5, 0.6) is 5.75 Å². The molecule has 2 heterocycles. The Morgan fingerprint density at radius 1 is 0.941 bits per heavy atom. The normalized spacial score (nSPS) is 35.4. The number of nitrogens with zero attached hydrogens (tertiary/aromatic N) is 1. The summed E-state index contributed by atoms with van der Waals surface area (Å²) in [5.74, 6) is -2.81. The van der Waals surface area contributed by atoms with Crippen LogP contribution in [-0.4, -0.2) is 105 Å². The molecule has 0 radical (unpaired) electrons. The molecule has 2 aliphatic heterocycles. The van der Waals surface area contributed by atoms with Gasteiger partial charge >= 0.3 is 0 Å². The van der Waals surface area contributed by atoms with E-state index in [1.807, 2.05) is 0 Å². The number of anilines is 1. The SMILES string of the molecule is O=C1C(CCC(O)C2CCC(F)CC2)/C(=C2\CC[C@@H](c3cccc(O)c3)CC2S(=O)(=O)C[C@@H]2OC(CO)C(O)C(O)C2O)N1c1ccc(F)cc1. The maximum Gasteiger partial charge on any atom is 0.240 e. The molecule has 280 valence electrons. The predicted molar refractivity (Wildman–Crippen MR) is 183 cm³/mol. The first-order valence-electron chi connectivity index (χ1n) is 17.7. The van der Waals surface area contributed by atoms with Gasteiger partial charge in [0.2, 0.25) is 5.91 Å². The van der Waals surface area contributed by atoms with Crippen molar-refractivity contribution >= 4 is 21.4 Å². The Morgan fingerprint density at radius 3 is 2.29 bits per heavy atom. The second kappa shape index (κ2) is 15.6. The predicted octanol–water partition coefficient (Wildman–Crippen LogP) is 3.01. The molecular weight excluding hydrogens is 688 g/mol. The van der Waals surface area contributed by atoms with Gasteiger partial charge in [0.15, 0.2) is 9.84 Å². The third-order valence-electron chi connectivity index (χ3n) is 11.3. The molecule has 51 heavy (non-hydrogen) atoms. The summed E-state index contributed by atoms with van der Waals surface area (Å²) in [7, 11) is -4.28. The Hall–Kier alpha value is -2.98. The van der Waals surface area contributed by atoms with Gasteiger partial charge in [0.25, 0.3) is 0 Å². The van der Waals surface area contributed by atoms with Crippen LogP contribution in [0.15, 0.2) is 59.8 Å². The maximum atomic E-state index is 14.6. The summed E-state index contributed by atoms with van der Waals surface area (Å²) in [5, 5.41) is 61.2. The van der Waals surface area contributed by atoms with E-state index in [1.54, 1.807) is 18.2 Å². The van der Waals surface area contributed by atoms with E-state index in [0.717, 1.165) is 5.56 Å². The molecular formula is C37H47F2NO10S. The molecule has 7 unspecified atom stereocenters. The number of carbonyl (C=O) groups excluding carboxylic acids is 1. The van der Waals surface area contributed by atoms with E-state index in [0.29, 0.717) is 49.1 Å². The lowest BCUT2D eigenvalue weighted by Gasteiger charge is -2.46. The minimum absolute atomic E-state index is 0.0167. The molecule has 2 aliphatic carbocycles. The summed E-state index contributed by atoms with van der Waals surface area (Å²) in [6.07, 6.45) is -6.66. The summed E-state index contributed by atoms with van der Waals surface area (Å²) in [6, 6.07) is 11.8. The fourth-order valence-electron chi connectivity index (χ4n) is 8.41. The highest BCUT2D eigenvalue weighted by Gasteiger charge is 2.51. The first-order chi connectivity index (χ1) is 24.3. The molecule has 0 aromatic heterocycles. The number of aliphatic hydroxyl groups excluding tert-OH is 5. The van der Waals surface area contributed by atoms with E-state index in [-0.39, 0.29) is 49.2 Å². The topological polar surface area (TPSA) is 185 Å². The van der Waals surface area contributed by atoms with E-state index in [9.17, 15) is 52.6 Å². The van der Waals surface area contributed by atoms with Crippen LogP contribution in [0.4, 0.5) is 14.5 Å². The van der Waals surface area contributed by atoms with E-state index in [1.165, 1.54) is 35.2 Å². The van der Waals surface area contributed by atoms with Gasteiger partial charge in [-0.1, -0.05) is 12.1 Å². The summed E-state index contributed by atoms with van der Waals surface area (Å²) in [6.45, 7) is -0.725. The van der Waals surface area contributed by atoms with Crippen molar-refractivity contribution in [1.82, 2.24) is 0 Å². The summed E-state index contributed by atoms with van der Waals surface area (Å²) < 4.78 is 62.5. The summed E-state index contributed by atoms with van der Waals surface area (Å²) in [4.78, 5) is 15.3. The van der Waals surface area contributed by atoms with Crippen LogP contribution >= 0.6 is 0 Å². The quantitative estimate of drug-likeness (QED) is 0.198. The number of hydrogen-bond donors (Lipinski definition) is 6. The summed E-state index contributed by atoms with van der Waals surface area (Å²) in [5.41, 5.74) is 1.97. The van der Waals surface area contributed by atoms with Crippen molar-refractivity contribution in [3.8, 4) is 5.75 Å². The Labute approximate surface area is 296 Å². The van der Waals surface area contributed by atoms with Crippen molar-refractivity contribution in [2.24, 2.45) is 11.8 Å². The molecule has 14 heteroatoms. The number of phenols is 1. The number of β-lactam (4-membered cyclic amide) rings is 1. The average Bonchev–Trinajstić information content (AvgIpc) is 3.11. The van der Waals surface area contributed by atoms with Gasteiger partial charge in [-0.3, -0.25) is 9.69 Å². The lowest BCUT2D eigenvalue weighted by Crippen LogP contribution is -2.60. The van der Waals surface area contributed by atoms with Crippen LogP contribution in [0, 0.1) is 17.7 Å². The highest BCUT2D eigenvalue weighted by molar-refractivity contribution is 7.92. The minimum Gasteiger partial charge on any atom is -0.508 e. The van der Waals surface area contributed by atoms with Gasteiger partial charge < -0.3 is 35.4 Å². The van der Waals surface area contributed by atoms with Crippen molar-refractivity contribution in [1.29, 1.82) is 0 Å². The van der Waals surface area contributed by atoms with Crippen LogP contribution in [0.3, 0.4) is 0 Å². The molecule has 4 aliphatic rings. The molecule has 6 rings (SSSR count). The van der Waals surface area contributed by atoms with Crippen LogP contribution < -0.4 is 4.90 Å². The van der Waals surface area contributed by atoms with Gasteiger partial charge in [0, 0.05) is 11.4 Å². The molecule has 11 nitrogen and oxygen atoms in total. The zero-order chi connectivity index (χ0) is 36.6. The largest absolute Gasteiger partial charge is 0.508 e. The van der Waals surface area contributed by atoms with Gasteiger partial charge in [0.1, 0.15) is 48.3 Å². The fourth-order valence-corrected chi connectivity index (χ4v) is 10.6. The first-order valence-corrected chi connectivity index (χ1v) is 19.5. The number of aromatic hydroxyl groups is 1. The highest BCUT2D eigenvalue weighted by atomic mass is 32.2. The van der Waals surface area contributed by atoms with Crippen molar-refractivity contribution in [3.05, 3.63) is 71.2 Å². The molecule has 2 saturated heterocycles. The smallest absolute Gasteiger partial charge is 0.240 e. The monoisotopic (exact) mass is 735 g/mol. The van der Waals surface area contributed by atoms with Gasteiger partial charge in [0.05, 0.1) is 29.6 Å². The fraction of sp³-hybridized carbons (Fsp3) is 0.595. The number of ether oxygens (including phenoxy) is 1. The zero-order valence-electron chi connectivity index (χ0n) is 28.2. The third-order valence-corrected chi connectivity index (χ3v) is 13.4. The number of hydrogen-bond acceptors (Lipinski definition) is 10. The Bertz CT molecular complexity index is 1680. The number of carbonyl (C=O) groups is 1. The maximum absolute atomic E-state index is 14.6. The molecule has 0 spiro atoms. The molecule has 2 saturated carbocycles. The standard InChI is InChI=1S/C37H47F2NO10S/c38-23-7-4-20(5-8-23)29(43)15-14-28-33(40(37(28)47)25-11-9-24(39)10-12-25)27-13-6-22(21-2-1-3-26(42)16-21)17-32(27)51(48,49)19-31-35(45)36(46)34(44)30(18-41)50-31/h1-3,9-12,16,20,22-23,28-32,34-36,41-46H,4-8,13-15,17-19H2/b33-27-/t20?,22-,23?,28?,29?,30?,31+,32?,34?,35?,36?/m1/s1. The highest BCUT2D eigenvalue weighted by Crippen LogP contribution is 2.48. The Balaban J connectivity index is 1.37. The van der Waals surface area contributed by atoms with Crippen molar-refractivity contribution in [2.45, 2.75) is 112 Å². The number of rotatable bonds is 10. The van der Waals surface area contributed by atoms with Gasteiger partial charge in [-0.15, -0.1) is 0 Å². The molecule has 0 bridgehead atoms. The second-order valence-corrected chi connectivity index (χ2v) is 16.7. The van der Waals surface area contributed by atoms with Crippen molar-refractivity contribution < 1.29 is 57.4 Å². The van der Waals surface area contributed by atoms with Crippen LogP contribution in [0.2, 0.25) is 0 Å². The lowest BCUT2D eigenvalue weighted by molar-refractivity contribution is -0.223. The van der Waals surface area contributed by atoms with E-state index >= 15 is 0 Å². The van der Waals surface area contributed by atoms with E-state index in [4.69, 9.17) is 4.74 Å². The number of phenolic OH excluding ortho intramolecular Hbond substituents is 1. The van der Waals surface area contributed by atoms with Gasteiger partial charge in [-0.25, -0.2) is 17.2 Å². The minimum atomic E-state index is -4.28. The number of sulfone groups is 1. The first kappa shape index (κ1) is 37.8. The number of alkyl halides is 1. The Morgan fingerprint density at radius 2 is 1.63 bits per heavy atom. The number of benzene rings is 2. The average molecular weight is 736 g/mol.